The number of imidazole rings is 1. The summed E-state index contributed by atoms with van der Waals surface area (Å²) < 4.78 is 40.0. The molecular weight excluding hydrogens is 445 g/mol. The molecule has 0 radical (unpaired) electrons. The summed E-state index contributed by atoms with van der Waals surface area (Å²) in [5.74, 6) is -5.66. The molecular formula is C17H17F3N4O8. The van der Waals surface area contributed by atoms with Crippen LogP contribution in [-0.2, 0) is 41.1 Å². The number of aryl methyl sites for hydroxylation is 1. The quantitative estimate of drug-likeness (QED) is 0.365. The van der Waals surface area contributed by atoms with Crippen molar-refractivity contribution in [3.05, 3.63) is 45.4 Å². The lowest BCUT2D eigenvalue weighted by molar-refractivity contribution is -0.670. The van der Waals surface area contributed by atoms with Gasteiger partial charge in [-0.05, 0) is 0 Å². The Balaban J connectivity index is 0.000000451. The molecule has 0 saturated carbocycles. The normalized spacial score (nSPS) is 12.5. The SMILES string of the molecule is C[n+]1c[nH]c(Cn2c3c(c(O)c(C(=O)NCC(=O)O)c2=O)COC3)c1.O=C([O-])C(F)(F)F. The van der Waals surface area contributed by atoms with Crippen LogP contribution < -0.4 is 20.5 Å². The fraction of sp³-hybridized carbons (Fsp3) is 0.353. The number of aromatic nitrogens is 3. The molecule has 0 aromatic carbocycles. The van der Waals surface area contributed by atoms with Gasteiger partial charge in [0.05, 0.1) is 32.5 Å². The molecule has 15 heteroatoms. The Morgan fingerprint density at radius 3 is 2.47 bits per heavy atom. The molecule has 0 spiro atoms. The Morgan fingerprint density at radius 2 is 1.97 bits per heavy atom. The molecule has 12 nitrogen and oxygen atoms in total. The molecule has 3 rings (SSSR count). The first-order valence-electron chi connectivity index (χ1n) is 8.68. The summed E-state index contributed by atoms with van der Waals surface area (Å²) in [5.41, 5.74) is 0.384. The van der Waals surface area contributed by atoms with Gasteiger partial charge in [-0.1, -0.05) is 0 Å². The van der Waals surface area contributed by atoms with Crippen LogP contribution in [0.3, 0.4) is 0 Å². The van der Waals surface area contributed by atoms with Crippen molar-refractivity contribution in [2.24, 2.45) is 7.05 Å². The average molecular weight is 462 g/mol. The van der Waals surface area contributed by atoms with Crippen LogP contribution in [0.25, 0.3) is 0 Å². The molecule has 2 aromatic rings. The highest BCUT2D eigenvalue weighted by Gasteiger charge is 2.30. The average Bonchev–Trinajstić information content (AvgIpc) is 3.32. The Bertz CT molecular complexity index is 1110. The summed E-state index contributed by atoms with van der Waals surface area (Å²) in [4.78, 5) is 47.4. The number of halogens is 3. The van der Waals surface area contributed by atoms with Crippen LogP contribution in [0.5, 0.6) is 5.75 Å². The van der Waals surface area contributed by atoms with E-state index in [1.807, 2.05) is 7.05 Å². The van der Waals surface area contributed by atoms with Crippen LogP contribution in [0.2, 0.25) is 0 Å². The van der Waals surface area contributed by atoms with Gasteiger partial charge in [-0.2, -0.15) is 13.2 Å². The van der Waals surface area contributed by atoms with E-state index in [0.29, 0.717) is 11.3 Å². The number of H-pyrrole nitrogens is 1. The smallest absolute Gasteiger partial charge is 0.430 e. The number of carboxylic acid groups (broad SMARTS) is 2. The third kappa shape index (κ3) is 5.63. The largest absolute Gasteiger partial charge is 0.542 e. The first-order chi connectivity index (χ1) is 14.8. The molecule has 0 atom stereocenters. The highest BCUT2D eigenvalue weighted by Crippen LogP contribution is 2.29. The van der Waals surface area contributed by atoms with Crippen molar-refractivity contribution < 1.29 is 52.2 Å². The summed E-state index contributed by atoms with van der Waals surface area (Å²) in [6, 6.07) is 0. The van der Waals surface area contributed by atoms with Crippen LogP contribution in [0.4, 0.5) is 13.2 Å². The van der Waals surface area contributed by atoms with Crippen LogP contribution in [0.1, 0.15) is 27.3 Å². The number of hydrogen-bond donors (Lipinski definition) is 4. The lowest BCUT2D eigenvalue weighted by Gasteiger charge is -2.14. The Kier molecular flexibility index (Phi) is 7.24. The van der Waals surface area contributed by atoms with Crippen molar-refractivity contribution in [2.75, 3.05) is 6.54 Å². The van der Waals surface area contributed by atoms with E-state index in [-0.39, 0.29) is 19.8 Å². The molecule has 0 bridgehead atoms. The van der Waals surface area contributed by atoms with E-state index in [4.69, 9.17) is 19.7 Å². The third-order valence-corrected chi connectivity index (χ3v) is 4.14. The number of fused-ring (bicyclic) bond motifs is 1. The standard InChI is InChI=1S/C15H16N4O6.C2HF3O2/c1-18-3-8(17-7-18)4-19-10-6-25-5-9(10)13(22)12(15(19)24)14(23)16-2-11(20)21;3-2(4,5)1(6)7/h3,7H,2,4-6H2,1H3,(H3,16,20,21,22,23,24);(H,6,7). The van der Waals surface area contributed by atoms with Gasteiger partial charge >= 0.3 is 12.1 Å². The Morgan fingerprint density at radius 1 is 1.34 bits per heavy atom. The second-order valence-corrected chi connectivity index (χ2v) is 6.49. The summed E-state index contributed by atoms with van der Waals surface area (Å²) in [5, 5.41) is 29.9. The molecule has 0 unspecified atom stereocenters. The minimum Gasteiger partial charge on any atom is -0.542 e. The zero-order valence-electron chi connectivity index (χ0n) is 16.4. The highest BCUT2D eigenvalue weighted by molar-refractivity contribution is 5.98. The number of carbonyl (C=O) groups excluding carboxylic acids is 2. The fourth-order valence-electron chi connectivity index (χ4n) is 2.75. The number of carbonyl (C=O) groups is 3. The minimum atomic E-state index is -5.19. The number of aromatic hydroxyl groups is 1. The molecule has 1 amide bonds. The number of alkyl halides is 3. The first kappa shape index (κ1) is 24.4. The number of nitrogens with one attached hydrogen (secondary N) is 2. The topological polar surface area (TPSA) is 178 Å². The molecule has 0 fully saturated rings. The summed E-state index contributed by atoms with van der Waals surface area (Å²) in [7, 11) is 1.82. The molecule has 1 aliphatic rings. The fourth-order valence-corrected chi connectivity index (χ4v) is 2.75. The molecule has 2 aromatic heterocycles. The molecule has 0 saturated heterocycles. The molecule has 174 valence electrons. The predicted molar refractivity (Wildman–Crippen MR) is 93.0 cm³/mol. The summed E-state index contributed by atoms with van der Waals surface area (Å²) in [6.45, 7) is -0.288. The first-order valence-corrected chi connectivity index (χ1v) is 8.68. The van der Waals surface area contributed by atoms with Crippen molar-refractivity contribution in [3.8, 4) is 5.75 Å². The number of aromatic amines is 1. The molecule has 32 heavy (non-hydrogen) atoms. The van der Waals surface area contributed by atoms with Gasteiger partial charge in [0.15, 0.2) is 5.69 Å². The van der Waals surface area contributed by atoms with Gasteiger partial charge in [0, 0.05) is 5.56 Å². The van der Waals surface area contributed by atoms with Gasteiger partial charge in [-0.25, -0.2) is 9.55 Å². The van der Waals surface area contributed by atoms with Crippen LogP contribution >= 0.6 is 0 Å². The van der Waals surface area contributed by atoms with Gasteiger partial charge in [-0.3, -0.25) is 14.4 Å². The number of pyridine rings is 1. The van der Waals surface area contributed by atoms with Crippen LogP contribution in [-0.4, -0.2) is 50.3 Å². The number of aliphatic carboxylic acids is 2. The minimum absolute atomic E-state index is 0.0686. The lowest BCUT2D eigenvalue weighted by atomic mass is 10.1. The Labute approximate surface area is 176 Å². The number of ether oxygens (including phenoxy) is 1. The molecule has 4 N–H and O–H groups in total. The second-order valence-electron chi connectivity index (χ2n) is 6.49. The lowest BCUT2D eigenvalue weighted by Crippen LogP contribution is -2.37. The zero-order valence-corrected chi connectivity index (χ0v) is 16.4. The van der Waals surface area contributed by atoms with E-state index < -0.39 is 47.4 Å². The van der Waals surface area contributed by atoms with Crippen molar-refractivity contribution in [3.63, 3.8) is 0 Å². The highest BCUT2D eigenvalue weighted by atomic mass is 19.4. The van der Waals surface area contributed by atoms with Gasteiger partial charge in [0.1, 0.15) is 30.0 Å². The van der Waals surface area contributed by atoms with E-state index in [1.165, 1.54) is 4.57 Å². The van der Waals surface area contributed by atoms with E-state index in [1.54, 1.807) is 17.1 Å². The second kappa shape index (κ2) is 9.51. The van der Waals surface area contributed by atoms with Crippen LogP contribution in [0, 0.1) is 0 Å². The molecule has 3 heterocycles. The van der Waals surface area contributed by atoms with E-state index >= 15 is 0 Å². The van der Waals surface area contributed by atoms with Crippen molar-refractivity contribution in [1.82, 2.24) is 14.9 Å². The maximum absolute atomic E-state index is 12.8. The number of amides is 1. The zero-order chi connectivity index (χ0) is 24.2. The number of hydrogen-bond acceptors (Lipinski definition) is 7. The Hall–Kier alpha value is -3.88. The van der Waals surface area contributed by atoms with E-state index in [2.05, 4.69) is 10.3 Å². The van der Waals surface area contributed by atoms with Gasteiger partial charge in [0.2, 0.25) is 6.33 Å². The maximum Gasteiger partial charge on any atom is 0.430 e. The van der Waals surface area contributed by atoms with Crippen molar-refractivity contribution in [2.45, 2.75) is 25.9 Å². The van der Waals surface area contributed by atoms with E-state index in [0.717, 1.165) is 5.69 Å². The van der Waals surface area contributed by atoms with Crippen molar-refractivity contribution in [1.29, 1.82) is 0 Å². The molecule has 1 aliphatic heterocycles. The number of rotatable bonds is 5. The van der Waals surface area contributed by atoms with Crippen molar-refractivity contribution >= 4 is 17.8 Å². The number of nitrogens with zero attached hydrogens (tertiary/aromatic N) is 2. The predicted octanol–water partition coefficient (Wildman–Crippen LogP) is -2.10. The number of carboxylic acids is 2. The molecule has 0 aliphatic carbocycles. The third-order valence-electron chi connectivity index (χ3n) is 4.14. The summed E-state index contributed by atoms with van der Waals surface area (Å²) in [6.07, 6.45) is -1.70. The summed E-state index contributed by atoms with van der Waals surface area (Å²) >= 11 is 0. The van der Waals surface area contributed by atoms with Gasteiger partial charge in [0.25, 0.3) is 11.5 Å². The monoisotopic (exact) mass is 462 g/mol. The van der Waals surface area contributed by atoms with E-state index in [9.17, 15) is 32.7 Å². The van der Waals surface area contributed by atoms with Gasteiger partial charge in [-0.15, -0.1) is 0 Å². The maximum atomic E-state index is 12.8. The van der Waals surface area contributed by atoms with Crippen LogP contribution in [0.15, 0.2) is 17.3 Å². The van der Waals surface area contributed by atoms with Gasteiger partial charge < -0.3 is 34.7 Å².